The molecular weight excluding hydrogens is 327 g/mol. The molecule has 1 amide bonds. The van der Waals surface area contributed by atoms with Crippen LogP contribution in [0.1, 0.15) is 13.8 Å². The van der Waals surface area contributed by atoms with Crippen LogP contribution in [0.25, 0.3) is 0 Å². The Hall–Kier alpha value is -1.86. The molecule has 1 unspecified atom stereocenters. The minimum absolute atomic E-state index is 0. The Morgan fingerprint density at radius 2 is 1.83 bits per heavy atom. The molecule has 0 spiro atoms. The van der Waals surface area contributed by atoms with Crippen molar-refractivity contribution in [1.82, 2.24) is 5.32 Å². The second kappa shape index (κ2) is 10.0. The number of rotatable bonds is 7. The fourth-order valence-corrected chi connectivity index (χ4v) is 1.60. The van der Waals surface area contributed by atoms with Crippen molar-refractivity contribution in [1.29, 1.82) is 0 Å². The second-order valence-corrected chi connectivity index (χ2v) is 5.10. The van der Waals surface area contributed by atoms with Gasteiger partial charge in [0.05, 0.1) is 19.7 Å². The molecule has 0 saturated heterocycles. The third kappa shape index (κ3) is 6.83. The molecule has 8 heteroatoms. The van der Waals surface area contributed by atoms with Gasteiger partial charge in [0.2, 0.25) is 12.0 Å². The first-order chi connectivity index (χ1) is 10.3. The van der Waals surface area contributed by atoms with Crippen molar-refractivity contribution < 1.29 is 23.5 Å². The van der Waals surface area contributed by atoms with Gasteiger partial charge in [0.25, 0.3) is 0 Å². The molecule has 3 N–H and O–H groups in total. The third-order valence-corrected chi connectivity index (χ3v) is 3.04. The summed E-state index contributed by atoms with van der Waals surface area (Å²) in [5, 5.41) is 2.55. The van der Waals surface area contributed by atoms with E-state index in [0.29, 0.717) is 5.75 Å². The van der Waals surface area contributed by atoms with Crippen molar-refractivity contribution in [2.24, 2.45) is 11.7 Å². The van der Waals surface area contributed by atoms with Crippen LogP contribution in [0.2, 0.25) is 0 Å². The van der Waals surface area contributed by atoms with Gasteiger partial charge in [-0.15, -0.1) is 12.4 Å². The van der Waals surface area contributed by atoms with Crippen molar-refractivity contribution in [2.45, 2.75) is 26.0 Å². The van der Waals surface area contributed by atoms with E-state index < -0.39 is 23.9 Å². The lowest BCUT2D eigenvalue weighted by atomic mass is 10.1. The van der Waals surface area contributed by atoms with Gasteiger partial charge >= 0.3 is 5.97 Å². The van der Waals surface area contributed by atoms with Gasteiger partial charge in [-0.2, -0.15) is 0 Å². The predicted molar refractivity (Wildman–Crippen MR) is 85.9 cm³/mol. The van der Waals surface area contributed by atoms with Gasteiger partial charge < -0.3 is 20.5 Å². The number of hydrogen-bond donors (Lipinski definition) is 2. The summed E-state index contributed by atoms with van der Waals surface area (Å²) in [7, 11) is 1.21. The van der Waals surface area contributed by atoms with E-state index in [1.54, 1.807) is 0 Å². The quantitative estimate of drug-likeness (QED) is 0.724. The minimum atomic E-state index is -1.04. The zero-order valence-corrected chi connectivity index (χ0v) is 14.1. The molecule has 6 nitrogen and oxygen atoms in total. The van der Waals surface area contributed by atoms with E-state index in [1.165, 1.54) is 31.4 Å². The molecule has 0 aliphatic carbocycles. The Balaban J connectivity index is 0.00000484. The highest BCUT2D eigenvalue weighted by atomic mass is 35.5. The van der Waals surface area contributed by atoms with Crippen LogP contribution in [0.4, 0.5) is 4.39 Å². The Morgan fingerprint density at radius 1 is 1.26 bits per heavy atom. The maximum atomic E-state index is 12.8. The van der Waals surface area contributed by atoms with Gasteiger partial charge in [0.1, 0.15) is 11.6 Å². The van der Waals surface area contributed by atoms with Crippen molar-refractivity contribution >= 4 is 24.3 Å². The summed E-state index contributed by atoms with van der Waals surface area (Å²) in [5.41, 5.74) is 5.71. The molecule has 1 aromatic carbocycles. The number of carbonyl (C=O) groups is 2. The number of amides is 1. The standard InChI is InChI=1S/C15H21FN2O4.ClH/c1-9(2)13(17)14(19)18-8-12(15(20)21-3)22-11-6-4-10(16)5-7-11;/h4-7,9,12-13H,8,17H2,1-3H3,(H,18,19);1H/t12?,13-;/m0./s1. The Kier molecular flexibility index (Phi) is 9.21. The van der Waals surface area contributed by atoms with E-state index in [0.717, 1.165) is 0 Å². The first-order valence-electron chi connectivity index (χ1n) is 6.88. The smallest absolute Gasteiger partial charge is 0.348 e. The van der Waals surface area contributed by atoms with Crippen LogP contribution < -0.4 is 15.8 Å². The van der Waals surface area contributed by atoms with Crippen molar-refractivity contribution in [3.05, 3.63) is 30.1 Å². The first-order valence-corrected chi connectivity index (χ1v) is 6.88. The molecule has 0 radical (unpaired) electrons. The number of halogens is 2. The van der Waals surface area contributed by atoms with E-state index in [2.05, 4.69) is 10.1 Å². The highest BCUT2D eigenvalue weighted by Crippen LogP contribution is 2.13. The molecule has 130 valence electrons. The largest absolute Gasteiger partial charge is 0.477 e. The summed E-state index contributed by atoms with van der Waals surface area (Å²) < 4.78 is 22.9. The molecule has 0 aliphatic rings. The average molecular weight is 349 g/mol. The van der Waals surface area contributed by atoms with Crippen LogP contribution in [0, 0.1) is 11.7 Å². The third-order valence-electron chi connectivity index (χ3n) is 3.04. The number of nitrogens with one attached hydrogen (secondary N) is 1. The van der Waals surface area contributed by atoms with E-state index in [9.17, 15) is 14.0 Å². The summed E-state index contributed by atoms with van der Waals surface area (Å²) >= 11 is 0. The summed E-state index contributed by atoms with van der Waals surface area (Å²) in [4.78, 5) is 23.5. The number of benzene rings is 1. The molecule has 23 heavy (non-hydrogen) atoms. The number of hydrogen-bond acceptors (Lipinski definition) is 5. The SMILES string of the molecule is COC(=O)C(CNC(=O)[C@@H](N)C(C)C)Oc1ccc(F)cc1.Cl. The zero-order valence-electron chi connectivity index (χ0n) is 13.2. The normalized spacial score (nSPS) is 12.8. The monoisotopic (exact) mass is 348 g/mol. The van der Waals surface area contributed by atoms with E-state index in [1.807, 2.05) is 13.8 Å². The Labute approximate surface area is 140 Å². The van der Waals surface area contributed by atoms with Gasteiger partial charge in [-0.3, -0.25) is 4.79 Å². The average Bonchev–Trinajstić information content (AvgIpc) is 2.51. The maximum Gasteiger partial charge on any atom is 0.348 e. The van der Waals surface area contributed by atoms with Gasteiger partial charge in [0, 0.05) is 0 Å². The van der Waals surface area contributed by atoms with Crippen LogP contribution in [-0.2, 0) is 14.3 Å². The maximum absolute atomic E-state index is 12.8. The highest BCUT2D eigenvalue weighted by molar-refractivity contribution is 5.85. The lowest BCUT2D eigenvalue weighted by Crippen LogP contribution is -2.48. The van der Waals surface area contributed by atoms with Gasteiger partial charge in [0.15, 0.2) is 0 Å². The number of esters is 1. The van der Waals surface area contributed by atoms with Gasteiger partial charge in [-0.1, -0.05) is 13.8 Å². The minimum Gasteiger partial charge on any atom is -0.477 e. The Bertz CT molecular complexity index is 511. The first kappa shape index (κ1) is 21.1. The predicted octanol–water partition coefficient (Wildman–Crippen LogP) is 1.27. The zero-order chi connectivity index (χ0) is 16.7. The number of carbonyl (C=O) groups excluding carboxylic acids is 2. The molecule has 1 rings (SSSR count). The fourth-order valence-electron chi connectivity index (χ4n) is 1.60. The number of methoxy groups -OCH3 is 1. The summed E-state index contributed by atoms with van der Waals surface area (Å²) in [6, 6.07) is 4.50. The summed E-state index contributed by atoms with van der Waals surface area (Å²) in [5.74, 6) is -1.19. The van der Waals surface area contributed by atoms with Crippen LogP contribution in [0.15, 0.2) is 24.3 Å². The van der Waals surface area contributed by atoms with Crippen LogP contribution in [0.3, 0.4) is 0 Å². The molecule has 0 saturated carbocycles. The van der Waals surface area contributed by atoms with Crippen molar-refractivity contribution in [3.8, 4) is 5.75 Å². The number of nitrogens with two attached hydrogens (primary N) is 1. The van der Waals surface area contributed by atoms with E-state index in [4.69, 9.17) is 10.5 Å². The van der Waals surface area contributed by atoms with Gasteiger partial charge in [-0.05, 0) is 30.2 Å². The molecule has 0 bridgehead atoms. The van der Waals surface area contributed by atoms with Crippen LogP contribution in [-0.4, -0.2) is 37.7 Å². The molecule has 0 aliphatic heterocycles. The van der Waals surface area contributed by atoms with Crippen molar-refractivity contribution in [2.75, 3.05) is 13.7 Å². The lowest BCUT2D eigenvalue weighted by molar-refractivity contribution is -0.148. The van der Waals surface area contributed by atoms with E-state index >= 15 is 0 Å². The molecule has 1 aromatic rings. The topological polar surface area (TPSA) is 90.7 Å². The summed E-state index contributed by atoms with van der Waals surface area (Å²) in [6.07, 6.45) is -1.04. The molecule has 2 atom stereocenters. The lowest BCUT2D eigenvalue weighted by Gasteiger charge is -2.20. The van der Waals surface area contributed by atoms with Crippen LogP contribution >= 0.6 is 12.4 Å². The second-order valence-electron chi connectivity index (χ2n) is 5.10. The summed E-state index contributed by atoms with van der Waals surface area (Å²) in [6.45, 7) is 3.54. The number of ether oxygens (including phenoxy) is 2. The molecular formula is C15H22ClFN2O4. The molecule has 0 fully saturated rings. The molecule has 0 heterocycles. The molecule has 0 aromatic heterocycles. The van der Waals surface area contributed by atoms with Gasteiger partial charge in [-0.25, -0.2) is 9.18 Å². The highest BCUT2D eigenvalue weighted by Gasteiger charge is 2.24. The van der Waals surface area contributed by atoms with Crippen LogP contribution in [0.5, 0.6) is 5.75 Å². The van der Waals surface area contributed by atoms with Crippen molar-refractivity contribution in [3.63, 3.8) is 0 Å². The Morgan fingerprint density at radius 3 is 2.30 bits per heavy atom. The van der Waals surface area contributed by atoms with E-state index in [-0.39, 0.29) is 30.8 Å². The fraction of sp³-hybridized carbons (Fsp3) is 0.467.